The fraction of sp³-hybridized carbons (Fsp3) is 0.188. The lowest BCUT2D eigenvalue weighted by Crippen LogP contribution is -2.47. The van der Waals surface area contributed by atoms with Gasteiger partial charge in [-0.05, 0) is 12.1 Å². The molecule has 0 saturated heterocycles. The first-order chi connectivity index (χ1) is 10.1. The summed E-state index contributed by atoms with van der Waals surface area (Å²) in [7, 11) is 2.80. The zero-order chi connectivity index (χ0) is 15.5. The minimum atomic E-state index is -2.38. The summed E-state index contributed by atoms with van der Waals surface area (Å²) < 4.78 is 10.3. The Morgan fingerprint density at radius 3 is 1.67 bits per heavy atom. The molecule has 5 heteroatoms. The lowest BCUT2D eigenvalue weighted by atomic mass is 9.85. The number of para-hydroxylation sites is 2. The highest BCUT2D eigenvalue weighted by Gasteiger charge is 2.38. The number of methoxy groups -OCH3 is 2. The first kappa shape index (κ1) is 14.9. The van der Waals surface area contributed by atoms with Gasteiger partial charge in [0.2, 0.25) is 0 Å². The minimum Gasteiger partial charge on any atom is -0.546 e. The number of hydrogen-bond donors (Lipinski definition) is 1. The number of carboxylic acid groups (broad SMARTS) is 1. The number of aliphatic carboxylic acids is 1. The van der Waals surface area contributed by atoms with Crippen LogP contribution in [0.1, 0.15) is 11.1 Å². The van der Waals surface area contributed by atoms with E-state index >= 15 is 0 Å². The van der Waals surface area contributed by atoms with Gasteiger partial charge in [0.1, 0.15) is 11.5 Å². The summed E-state index contributed by atoms with van der Waals surface area (Å²) in [6, 6.07) is 12.7. The highest BCUT2D eigenvalue weighted by Crippen LogP contribution is 2.39. The van der Waals surface area contributed by atoms with Crippen LogP contribution >= 0.6 is 0 Å². The molecule has 0 amide bonds. The molecule has 0 aliphatic rings. The van der Waals surface area contributed by atoms with Crippen LogP contribution < -0.4 is 14.6 Å². The smallest absolute Gasteiger partial charge is 0.161 e. The van der Waals surface area contributed by atoms with Gasteiger partial charge in [-0.15, -0.1) is 0 Å². The summed E-state index contributed by atoms with van der Waals surface area (Å²) in [6.07, 6.45) is 0. The SMILES string of the molecule is COc1ccccc1C(O)(C(=O)[O-])c1ccccc1OC. The highest BCUT2D eigenvalue weighted by molar-refractivity contribution is 5.84. The molecule has 0 spiro atoms. The van der Waals surface area contributed by atoms with Crippen LogP contribution in [0.15, 0.2) is 48.5 Å². The Hall–Kier alpha value is -2.53. The predicted octanol–water partition coefficient (Wildman–Crippen LogP) is 0.690. The van der Waals surface area contributed by atoms with E-state index in [4.69, 9.17) is 9.47 Å². The maximum absolute atomic E-state index is 11.7. The Kier molecular flexibility index (Phi) is 4.14. The first-order valence-corrected chi connectivity index (χ1v) is 6.26. The van der Waals surface area contributed by atoms with Gasteiger partial charge < -0.3 is 24.5 Å². The van der Waals surface area contributed by atoms with Crippen molar-refractivity contribution < 1.29 is 24.5 Å². The predicted molar refractivity (Wildman–Crippen MR) is 74.0 cm³/mol. The van der Waals surface area contributed by atoms with Gasteiger partial charge in [-0.25, -0.2) is 0 Å². The number of aliphatic hydroxyl groups is 1. The van der Waals surface area contributed by atoms with Gasteiger partial charge in [-0.3, -0.25) is 0 Å². The van der Waals surface area contributed by atoms with Crippen molar-refractivity contribution >= 4 is 5.97 Å². The molecule has 1 N–H and O–H groups in total. The molecule has 0 aliphatic carbocycles. The maximum atomic E-state index is 11.7. The van der Waals surface area contributed by atoms with Crippen molar-refractivity contribution in [1.29, 1.82) is 0 Å². The topological polar surface area (TPSA) is 78.8 Å². The van der Waals surface area contributed by atoms with Crippen molar-refractivity contribution in [2.45, 2.75) is 5.60 Å². The quantitative estimate of drug-likeness (QED) is 0.875. The third-order valence-electron chi connectivity index (χ3n) is 3.29. The Morgan fingerprint density at radius 1 is 0.952 bits per heavy atom. The molecule has 0 saturated carbocycles. The van der Waals surface area contributed by atoms with Crippen molar-refractivity contribution in [2.24, 2.45) is 0 Å². The fourth-order valence-corrected chi connectivity index (χ4v) is 2.25. The zero-order valence-electron chi connectivity index (χ0n) is 11.7. The Morgan fingerprint density at radius 2 is 1.33 bits per heavy atom. The second-order valence-corrected chi connectivity index (χ2v) is 4.40. The standard InChI is InChI=1S/C16H16O5/c1-20-13-9-5-3-7-11(13)16(19,15(17)18)12-8-4-6-10-14(12)21-2/h3-10,19H,1-2H3,(H,17,18)/p-1. The van der Waals surface area contributed by atoms with Crippen LogP contribution in [0.4, 0.5) is 0 Å². The van der Waals surface area contributed by atoms with Crippen LogP contribution in [0, 0.1) is 0 Å². The van der Waals surface area contributed by atoms with E-state index in [-0.39, 0.29) is 22.6 Å². The normalized spacial score (nSPS) is 11.0. The van der Waals surface area contributed by atoms with Crippen LogP contribution in [0.5, 0.6) is 11.5 Å². The second kappa shape index (κ2) is 5.85. The average molecular weight is 287 g/mol. The van der Waals surface area contributed by atoms with Gasteiger partial charge in [0.25, 0.3) is 0 Å². The van der Waals surface area contributed by atoms with E-state index in [0.29, 0.717) is 0 Å². The molecule has 0 atom stereocenters. The minimum absolute atomic E-state index is 0.0806. The molecule has 2 aromatic rings. The average Bonchev–Trinajstić information content (AvgIpc) is 2.53. The van der Waals surface area contributed by atoms with Crippen molar-refractivity contribution in [3.05, 3.63) is 59.7 Å². The zero-order valence-corrected chi connectivity index (χ0v) is 11.7. The number of rotatable bonds is 5. The van der Waals surface area contributed by atoms with Crippen LogP contribution in [0.2, 0.25) is 0 Å². The molecule has 2 aromatic carbocycles. The summed E-state index contributed by atoms with van der Waals surface area (Å²) >= 11 is 0. The van der Waals surface area contributed by atoms with Gasteiger partial charge in [-0.1, -0.05) is 36.4 Å². The van der Waals surface area contributed by atoms with Crippen LogP contribution in [0.3, 0.4) is 0 Å². The molecule has 0 aromatic heterocycles. The summed E-state index contributed by atoms with van der Waals surface area (Å²) in [6.45, 7) is 0. The number of ether oxygens (including phenoxy) is 2. The van der Waals surface area contributed by atoms with Gasteiger partial charge in [0.15, 0.2) is 5.60 Å². The number of benzene rings is 2. The van der Waals surface area contributed by atoms with Crippen molar-refractivity contribution in [3.8, 4) is 11.5 Å². The largest absolute Gasteiger partial charge is 0.546 e. The number of carbonyl (C=O) groups excluding carboxylic acids is 1. The highest BCUT2D eigenvalue weighted by atomic mass is 16.5. The molecule has 110 valence electrons. The van der Waals surface area contributed by atoms with Crippen molar-refractivity contribution in [2.75, 3.05) is 14.2 Å². The number of carboxylic acids is 1. The van der Waals surface area contributed by atoms with Crippen molar-refractivity contribution in [1.82, 2.24) is 0 Å². The summed E-state index contributed by atoms with van der Waals surface area (Å²) in [4.78, 5) is 11.7. The van der Waals surface area contributed by atoms with Crippen LogP contribution in [0.25, 0.3) is 0 Å². The van der Waals surface area contributed by atoms with E-state index in [1.165, 1.54) is 26.4 Å². The molecule has 0 aliphatic heterocycles. The summed E-state index contributed by atoms with van der Waals surface area (Å²) in [5.74, 6) is -1.17. The van der Waals surface area contributed by atoms with E-state index in [2.05, 4.69) is 0 Å². The van der Waals surface area contributed by atoms with Gasteiger partial charge in [-0.2, -0.15) is 0 Å². The van der Waals surface area contributed by atoms with Crippen molar-refractivity contribution in [3.63, 3.8) is 0 Å². The monoisotopic (exact) mass is 287 g/mol. The summed E-state index contributed by atoms with van der Waals surface area (Å²) in [5.41, 5.74) is -2.21. The van der Waals surface area contributed by atoms with E-state index in [9.17, 15) is 15.0 Å². The van der Waals surface area contributed by atoms with E-state index < -0.39 is 11.6 Å². The molecular formula is C16H15O5-. The Labute approximate surface area is 122 Å². The molecule has 2 rings (SSSR count). The molecule has 0 radical (unpaired) electrons. The first-order valence-electron chi connectivity index (χ1n) is 6.26. The van der Waals surface area contributed by atoms with E-state index in [1.54, 1.807) is 36.4 Å². The third kappa shape index (κ3) is 2.43. The van der Waals surface area contributed by atoms with Gasteiger partial charge >= 0.3 is 0 Å². The molecular weight excluding hydrogens is 272 g/mol. The molecule has 0 fully saturated rings. The Bertz CT molecular complexity index is 603. The number of hydrogen-bond acceptors (Lipinski definition) is 5. The number of carbonyl (C=O) groups is 1. The second-order valence-electron chi connectivity index (χ2n) is 4.40. The lowest BCUT2D eigenvalue weighted by molar-refractivity contribution is -0.323. The van der Waals surface area contributed by atoms with Gasteiger partial charge in [0.05, 0.1) is 20.2 Å². The molecule has 21 heavy (non-hydrogen) atoms. The van der Waals surface area contributed by atoms with E-state index in [0.717, 1.165) is 0 Å². The molecule has 0 heterocycles. The molecule has 0 bridgehead atoms. The molecule has 5 nitrogen and oxygen atoms in total. The third-order valence-corrected chi connectivity index (χ3v) is 3.29. The summed E-state index contributed by atoms with van der Waals surface area (Å²) in [5, 5.41) is 22.5. The van der Waals surface area contributed by atoms with Crippen LogP contribution in [-0.4, -0.2) is 25.3 Å². The van der Waals surface area contributed by atoms with E-state index in [1.807, 2.05) is 0 Å². The fourth-order valence-electron chi connectivity index (χ4n) is 2.25. The van der Waals surface area contributed by atoms with Gasteiger partial charge in [0, 0.05) is 11.1 Å². The Balaban J connectivity index is 2.74. The maximum Gasteiger partial charge on any atom is 0.161 e. The lowest BCUT2D eigenvalue weighted by Gasteiger charge is -2.32. The molecule has 0 unspecified atom stereocenters. The van der Waals surface area contributed by atoms with Crippen LogP contribution in [-0.2, 0) is 10.4 Å².